The van der Waals surface area contributed by atoms with E-state index in [1.807, 2.05) is 25.1 Å². The van der Waals surface area contributed by atoms with E-state index in [2.05, 4.69) is 5.32 Å². The molecule has 1 aliphatic rings. The van der Waals surface area contributed by atoms with E-state index in [1.165, 1.54) is 0 Å². The lowest BCUT2D eigenvalue weighted by atomic mass is 10.0. The van der Waals surface area contributed by atoms with Crippen molar-refractivity contribution >= 4 is 18.5 Å². The number of hydrogen-bond donors (Lipinski definition) is 1. The van der Waals surface area contributed by atoms with Gasteiger partial charge in [-0.3, -0.25) is 0 Å². The second kappa shape index (κ2) is 7.09. The van der Waals surface area contributed by atoms with Gasteiger partial charge in [0.15, 0.2) is 11.5 Å². The second-order valence-electron chi connectivity index (χ2n) is 3.96. The van der Waals surface area contributed by atoms with Crippen LogP contribution in [0.4, 0.5) is 4.79 Å². The van der Waals surface area contributed by atoms with Gasteiger partial charge < -0.3 is 19.5 Å². The summed E-state index contributed by atoms with van der Waals surface area (Å²) >= 11 is 0. The molecule has 0 bridgehead atoms. The normalized spacial score (nSPS) is 17.8. The van der Waals surface area contributed by atoms with Gasteiger partial charge in [-0.25, -0.2) is 4.79 Å². The van der Waals surface area contributed by atoms with E-state index < -0.39 is 0 Å². The molecule has 1 aromatic rings. The maximum Gasteiger partial charge on any atom is 0.407 e. The molecule has 5 nitrogen and oxygen atoms in total. The van der Waals surface area contributed by atoms with Crippen LogP contribution in [0.15, 0.2) is 18.2 Å². The first kappa shape index (κ1) is 15.4. The third kappa shape index (κ3) is 3.67. The van der Waals surface area contributed by atoms with Gasteiger partial charge in [0.2, 0.25) is 0 Å². The highest BCUT2D eigenvalue weighted by Crippen LogP contribution is 2.31. The van der Waals surface area contributed by atoms with Crippen molar-refractivity contribution < 1.29 is 19.0 Å². The Labute approximate surface area is 118 Å². The zero-order valence-corrected chi connectivity index (χ0v) is 11.8. The summed E-state index contributed by atoms with van der Waals surface area (Å²) in [5.41, 5.74) is 0.996. The number of alkyl carbamates (subject to hydrolysis) is 1. The van der Waals surface area contributed by atoms with Gasteiger partial charge in [0, 0.05) is 6.42 Å². The van der Waals surface area contributed by atoms with Crippen LogP contribution in [-0.4, -0.2) is 26.4 Å². The fraction of sp³-hybridized carbons (Fsp3) is 0.462. The van der Waals surface area contributed by atoms with Crippen LogP contribution < -0.4 is 14.8 Å². The summed E-state index contributed by atoms with van der Waals surface area (Å²) in [6.45, 7) is 2.93. The number of benzene rings is 1. The fourth-order valence-electron chi connectivity index (χ4n) is 1.95. The number of carbonyl (C=O) groups excluding carboxylic acids is 1. The van der Waals surface area contributed by atoms with Gasteiger partial charge in [0.05, 0.1) is 26.4 Å². The molecule has 0 unspecified atom stereocenters. The highest BCUT2D eigenvalue weighted by Gasteiger charge is 2.21. The van der Waals surface area contributed by atoms with E-state index in [1.54, 1.807) is 7.11 Å². The number of hydrogen-bond acceptors (Lipinski definition) is 4. The topological polar surface area (TPSA) is 56.8 Å². The van der Waals surface area contributed by atoms with E-state index in [4.69, 9.17) is 14.2 Å². The maximum atomic E-state index is 11.2. The van der Waals surface area contributed by atoms with Crippen molar-refractivity contribution in [3.05, 3.63) is 23.8 Å². The van der Waals surface area contributed by atoms with E-state index >= 15 is 0 Å². The van der Waals surface area contributed by atoms with Gasteiger partial charge in [0.25, 0.3) is 0 Å². The van der Waals surface area contributed by atoms with Crippen LogP contribution in [0.5, 0.6) is 11.5 Å². The van der Waals surface area contributed by atoms with Crippen molar-refractivity contribution in [1.29, 1.82) is 0 Å². The average Bonchev–Trinajstić information content (AvgIpc) is 2.39. The molecule has 1 N–H and O–H groups in total. The Kier molecular flexibility index (Phi) is 5.76. The Morgan fingerprint density at radius 3 is 2.84 bits per heavy atom. The first-order valence-corrected chi connectivity index (χ1v) is 5.98. The number of cyclic esters (lactones) is 1. The van der Waals surface area contributed by atoms with Crippen molar-refractivity contribution in [2.75, 3.05) is 20.3 Å². The summed E-state index contributed by atoms with van der Waals surface area (Å²) in [6.07, 6.45) is 0.379. The minimum Gasteiger partial charge on any atom is -0.493 e. The number of halogens is 1. The Morgan fingerprint density at radius 2 is 2.21 bits per heavy atom. The number of nitrogens with one attached hydrogen (secondary N) is 1. The van der Waals surface area contributed by atoms with Crippen LogP contribution in [0.2, 0.25) is 0 Å². The molecule has 2 rings (SSSR count). The summed E-state index contributed by atoms with van der Waals surface area (Å²) in [6, 6.07) is 5.65. The van der Waals surface area contributed by atoms with Gasteiger partial charge in [-0.2, -0.15) is 0 Å². The lowest BCUT2D eigenvalue weighted by Crippen LogP contribution is -2.35. The molecule has 6 heteroatoms. The van der Waals surface area contributed by atoms with Crippen molar-refractivity contribution in [2.24, 2.45) is 0 Å². The standard InChI is InChI=1S/C13H17NO4.ClH/c1-3-17-12-8-9(4-5-11(12)16-2)10-6-7-18-13(15)14-10;/h4-5,8,10H,3,6-7H2,1-2H3,(H,14,15);1H/t10-;/m1./s1. The molecule has 1 saturated heterocycles. The number of methoxy groups -OCH3 is 1. The predicted octanol–water partition coefficient (Wildman–Crippen LogP) is 2.69. The molecule has 0 aliphatic carbocycles. The molecule has 1 aliphatic heterocycles. The molecular formula is C13H18ClNO4. The van der Waals surface area contributed by atoms with Crippen molar-refractivity contribution in [1.82, 2.24) is 5.32 Å². The molecular weight excluding hydrogens is 270 g/mol. The van der Waals surface area contributed by atoms with E-state index in [0.717, 1.165) is 12.0 Å². The molecule has 0 saturated carbocycles. The molecule has 1 aromatic carbocycles. The highest BCUT2D eigenvalue weighted by atomic mass is 35.5. The molecule has 1 amide bonds. The van der Waals surface area contributed by atoms with Crippen LogP contribution in [0.3, 0.4) is 0 Å². The number of ether oxygens (including phenoxy) is 3. The fourth-order valence-corrected chi connectivity index (χ4v) is 1.95. The summed E-state index contributed by atoms with van der Waals surface area (Å²) in [7, 11) is 1.60. The Bertz CT molecular complexity index is 439. The Morgan fingerprint density at radius 1 is 1.42 bits per heavy atom. The highest BCUT2D eigenvalue weighted by molar-refractivity contribution is 5.85. The lowest BCUT2D eigenvalue weighted by Gasteiger charge is -2.24. The third-order valence-electron chi connectivity index (χ3n) is 2.82. The number of amides is 1. The SMILES string of the molecule is CCOc1cc([C@H]2CCOC(=O)N2)ccc1OC.Cl. The molecule has 1 heterocycles. The smallest absolute Gasteiger partial charge is 0.407 e. The van der Waals surface area contributed by atoms with Gasteiger partial charge in [-0.15, -0.1) is 12.4 Å². The van der Waals surface area contributed by atoms with Crippen molar-refractivity contribution in [2.45, 2.75) is 19.4 Å². The molecule has 1 fully saturated rings. The molecule has 0 aromatic heterocycles. The van der Waals surface area contributed by atoms with Crippen LogP contribution in [-0.2, 0) is 4.74 Å². The van der Waals surface area contributed by atoms with Gasteiger partial charge in [-0.05, 0) is 24.6 Å². The Balaban J connectivity index is 0.00000180. The predicted molar refractivity (Wildman–Crippen MR) is 73.3 cm³/mol. The van der Waals surface area contributed by atoms with Crippen molar-refractivity contribution in [3.8, 4) is 11.5 Å². The van der Waals surface area contributed by atoms with Gasteiger partial charge in [-0.1, -0.05) is 6.07 Å². The van der Waals surface area contributed by atoms with Crippen LogP contribution in [0, 0.1) is 0 Å². The van der Waals surface area contributed by atoms with Crippen molar-refractivity contribution in [3.63, 3.8) is 0 Å². The molecule has 0 radical (unpaired) electrons. The summed E-state index contributed by atoms with van der Waals surface area (Å²) in [5.74, 6) is 1.39. The molecule has 1 atom stereocenters. The summed E-state index contributed by atoms with van der Waals surface area (Å²) in [4.78, 5) is 11.2. The second-order valence-corrected chi connectivity index (χ2v) is 3.96. The van der Waals surface area contributed by atoms with E-state index in [-0.39, 0.29) is 24.5 Å². The zero-order chi connectivity index (χ0) is 13.0. The first-order chi connectivity index (χ1) is 8.74. The average molecular weight is 288 g/mol. The molecule has 19 heavy (non-hydrogen) atoms. The van der Waals surface area contributed by atoms with E-state index in [9.17, 15) is 4.79 Å². The minimum atomic E-state index is -0.375. The largest absolute Gasteiger partial charge is 0.493 e. The van der Waals surface area contributed by atoms with Crippen LogP contribution in [0.1, 0.15) is 24.9 Å². The molecule has 106 valence electrons. The summed E-state index contributed by atoms with van der Waals surface area (Å²) in [5, 5.41) is 2.78. The lowest BCUT2D eigenvalue weighted by molar-refractivity contribution is 0.115. The van der Waals surface area contributed by atoms with Gasteiger partial charge in [0.1, 0.15) is 0 Å². The third-order valence-corrected chi connectivity index (χ3v) is 2.82. The molecule has 0 spiro atoms. The van der Waals surface area contributed by atoms with Crippen LogP contribution in [0.25, 0.3) is 0 Å². The Hall–Kier alpha value is -1.62. The number of carbonyl (C=O) groups is 1. The maximum absolute atomic E-state index is 11.2. The van der Waals surface area contributed by atoms with Crippen LogP contribution >= 0.6 is 12.4 Å². The number of rotatable bonds is 4. The first-order valence-electron chi connectivity index (χ1n) is 5.98. The zero-order valence-electron chi connectivity index (χ0n) is 11.0. The minimum absolute atomic E-state index is 0. The van der Waals surface area contributed by atoms with E-state index in [0.29, 0.717) is 24.7 Å². The van der Waals surface area contributed by atoms with Gasteiger partial charge >= 0.3 is 6.09 Å². The monoisotopic (exact) mass is 287 g/mol. The quantitative estimate of drug-likeness (QED) is 0.925. The summed E-state index contributed by atoms with van der Waals surface area (Å²) < 4.78 is 15.6.